The van der Waals surface area contributed by atoms with E-state index < -0.39 is 0 Å². The van der Waals surface area contributed by atoms with Gasteiger partial charge in [-0.2, -0.15) is 0 Å². The second-order valence-corrected chi connectivity index (χ2v) is 4.69. The summed E-state index contributed by atoms with van der Waals surface area (Å²) in [5, 5.41) is 2.05. The average molecular weight is 228 g/mol. The topological polar surface area (TPSA) is 48.1 Å². The summed E-state index contributed by atoms with van der Waals surface area (Å²) < 4.78 is 5.99. The van der Waals surface area contributed by atoms with E-state index in [1.165, 1.54) is 6.42 Å². The van der Waals surface area contributed by atoms with Gasteiger partial charge in [0.25, 0.3) is 0 Å². The Kier molecular flexibility index (Phi) is 2.39. The summed E-state index contributed by atoms with van der Waals surface area (Å²) in [6.07, 6.45) is 5.81. The third-order valence-corrected chi connectivity index (χ3v) is 3.38. The van der Waals surface area contributed by atoms with Crippen molar-refractivity contribution in [1.29, 1.82) is 0 Å². The Morgan fingerprint density at radius 3 is 2.82 bits per heavy atom. The maximum Gasteiger partial charge on any atom is 0.127 e. The van der Waals surface area contributed by atoms with Crippen LogP contribution in [-0.2, 0) is 0 Å². The Morgan fingerprint density at radius 2 is 2.12 bits per heavy atom. The molecule has 3 heteroatoms. The van der Waals surface area contributed by atoms with Gasteiger partial charge in [0, 0.05) is 28.4 Å². The predicted molar refractivity (Wildman–Crippen MR) is 69.2 cm³/mol. The molecule has 17 heavy (non-hydrogen) atoms. The summed E-state index contributed by atoms with van der Waals surface area (Å²) in [6.45, 7) is 1.98. The fourth-order valence-electron chi connectivity index (χ4n) is 2.11. The molecule has 88 valence electrons. The number of nitrogen functional groups attached to an aromatic ring is 1. The van der Waals surface area contributed by atoms with Crippen molar-refractivity contribution in [3.63, 3.8) is 0 Å². The van der Waals surface area contributed by atoms with Gasteiger partial charge in [0.2, 0.25) is 0 Å². The zero-order valence-corrected chi connectivity index (χ0v) is 9.94. The molecular formula is C14H16N2O. The lowest BCUT2D eigenvalue weighted by Crippen LogP contribution is -2.24. The van der Waals surface area contributed by atoms with E-state index >= 15 is 0 Å². The Balaban J connectivity index is 2.09. The Morgan fingerprint density at radius 1 is 1.29 bits per heavy atom. The van der Waals surface area contributed by atoms with Crippen LogP contribution in [0, 0.1) is 6.92 Å². The minimum Gasteiger partial charge on any atom is -0.490 e. The second kappa shape index (κ2) is 3.91. The lowest BCUT2D eigenvalue weighted by molar-refractivity contribution is 0.122. The van der Waals surface area contributed by atoms with E-state index in [0.29, 0.717) is 6.10 Å². The highest BCUT2D eigenvalue weighted by molar-refractivity contribution is 5.96. The number of ether oxygens (including phenoxy) is 1. The molecular weight excluding hydrogens is 212 g/mol. The monoisotopic (exact) mass is 228 g/mol. The summed E-state index contributed by atoms with van der Waals surface area (Å²) in [5.74, 6) is 0.935. The number of benzene rings is 1. The Hall–Kier alpha value is -1.77. The van der Waals surface area contributed by atoms with Gasteiger partial charge in [0.15, 0.2) is 0 Å². The molecule has 0 bridgehead atoms. The first-order valence-corrected chi connectivity index (χ1v) is 6.05. The highest BCUT2D eigenvalue weighted by Gasteiger charge is 2.20. The zero-order valence-electron chi connectivity index (χ0n) is 9.94. The van der Waals surface area contributed by atoms with Crippen LogP contribution >= 0.6 is 0 Å². The van der Waals surface area contributed by atoms with Crippen molar-refractivity contribution in [1.82, 2.24) is 4.98 Å². The Bertz CT molecular complexity index is 561. The van der Waals surface area contributed by atoms with Crippen LogP contribution in [-0.4, -0.2) is 11.1 Å². The van der Waals surface area contributed by atoms with Crippen LogP contribution in [0.5, 0.6) is 5.75 Å². The van der Waals surface area contributed by atoms with Crippen molar-refractivity contribution in [3.05, 3.63) is 30.1 Å². The molecule has 1 aliphatic carbocycles. The molecule has 0 saturated heterocycles. The van der Waals surface area contributed by atoms with E-state index in [0.717, 1.165) is 40.7 Å². The molecule has 0 unspecified atom stereocenters. The van der Waals surface area contributed by atoms with Gasteiger partial charge >= 0.3 is 0 Å². The molecule has 3 nitrogen and oxygen atoms in total. The molecule has 1 aliphatic rings. The van der Waals surface area contributed by atoms with Crippen molar-refractivity contribution in [2.45, 2.75) is 32.3 Å². The van der Waals surface area contributed by atoms with Crippen molar-refractivity contribution in [3.8, 4) is 5.75 Å². The minimum atomic E-state index is 0.385. The lowest BCUT2D eigenvalue weighted by atomic mass is 9.96. The van der Waals surface area contributed by atoms with Crippen LogP contribution in [0.3, 0.4) is 0 Å². The summed E-state index contributed by atoms with van der Waals surface area (Å²) >= 11 is 0. The highest BCUT2D eigenvalue weighted by Crippen LogP contribution is 2.33. The van der Waals surface area contributed by atoms with Crippen LogP contribution in [0.15, 0.2) is 24.4 Å². The Labute approximate surface area is 101 Å². The molecule has 1 heterocycles. The maximum absolute atomic E-state index is 5.99. The third-order valence-electron chi connectivity index (χ3n) is 3.38. The van der Waals surface area contributed by atoms with E-state index in [9.17, 15) is 0 Å². The van der Waals surface area contributed by atoms with Gasteiger partial charge < -0.3 is 10.5 Å². The van der Waals surface area contributed by atoms with E-state index in [2.05, 4.69) is 4.98 Å². The fraction of sp³-hybridized carbons (Fsp3) is 0.357. The van der Waals surface area contributed by atoms with Crippen LogP contribution in [0.4, 0.5) is 5.69 Å². The normalized spacial score (nSPS) is 15.8. The van der Waals surface area contributed by atoms with Crippen LogP contribution in [0.1, 0.15) is 25.0 Å². The molecule has 0 amide bonds. The van der Waals surface area contributed by atoms with Crippen LogP contribution in [0.25, 0.3) is 10.8 Å². The van der Waals surface area contributed by atoms with Crippen molar-refractivity contribution < 1.29 is 4.74 Å². The van der Waals surface area contributed by atoms with Gasteiger partial charge in [0.1, 0.15) is 5.75 Å². The quantitative estimate of drug-likeness (QED) is 0.804. The SMILES string of the molecule is Cc1cc2c(OC3CCC3)ccc(N)c2cn1. The molecule has 0 radical (unpaired) electrons. The molecule has 1 fully saturated rings. The van der Waals surface area contributed by atoms with Gasteiger partial charge in [-0.15, -0.1) is 0 Å². The van der Waals surface area contributed by atoms with Crippen LogP contribution in [0.2, 0.25) is 0 Å². The van der Waals surface area contributed by atoms with Gasteiger partial charge in [-0.1, -0.05) is 0 Å². The lowest BCUT2D eigenvalue weighted by Gasteiger charge is -2.27. The van der Waals surface area contributed by atoms with Gasteiger partial charge in [-0.05, 0) is 44.4 Å². The molecule has 2 N–H and O–H groups in total. The molecule has 0 aliphatic heterocycles. The number of hydrogen-bond acceptors (Lipinski definition) is 3. The largest absolute Gasteiger partial charge is 0.490 e. The van der Waals surface area contributed by atoms with E-state index in [1.807, 2.05) is 31.3 Å². The van der Waals surface area contributed by atoms with E-state index in [-0.39, 0.29) is 0 Å². The van der Waals surface area contributed by atoms with E-state index in [1.54, 1.807) is 0 Å². The smallest absolute Gasteiger partial charge is 0.127 e. The molecule has 1 aromatic carbocycles. The highest BCUT2D eigenvalue weighted by atomic mass is 16.5. The summed E-state index contributed by atoms with van der Waals surface area (Å²) in [6, 6.07) is 5.91. The second-order valence-electron chi connectivity index (χ2n) is 4.69. The predicted octanol–water partition coefficient (Wildman–Crippen LogP) is 3.06. The van der Waals surface area contributed by atoms with Crippen molar-refractivity contribution in [2.24, 2.45) is 0 Å². The first-order valence-electron chi connectivity index (χ1n) is 6.05. The zero-order chi connectivity index (χ0) is 11.8. The molecule has 0 atom stereocenters. The minimum absolute atomic E-state index is 0.385. The number of fused-ring (bicyclic) bond motifs is 1. The number of nitrogens with zero attached hydrogens (tertiary/aromatic N) is 1. The number of rotatable bonds is 2. The number of pyridine rings is 1. The van der Waals surface area contributed by atoms with Gasteiger partial charge in [-0.25, -0.2) is 0 Å². The number of nitrogens with two attached hydrogens (primary N) is 1. The van der Waals surface area contributed by atoms with Gasteiger partial charge in [0.05, 0.1) is 6.10 Å². The van der Waals surface area contributed by atoms with Crippen molar-refractivity contribution in [2.75, 3.05) is 5.73 Å². The summed E-state index contributed by atoms with van der Waals surface area (Å²) in [7, 11) is 0. The molecule has 1 saturated carbocycles. The van der Waals surface area contributed by atoms with Crippen molar-refractivity contribution >= 4 is 16.5 Å². The maximum atomic E-state index is 5.99. The fourth-order valence-corrected chi connectivity index (χ4v) is 2.11. The number of anilines is 1. The standard InChI is InChI=1S/C14H16N2O/c1-9-7-11-12(8-16-9)13(15)5-6-14(11)17-10-3-2-4-10/h5-8,10H,2-4,15H2,1H3. The summed E-state index contributed by atoms with van der Waals surface area (Å²) in [5.41, 5.74) is 7.70. The molecule has 1 aromatic heterocycles. The molecule has 3 rings (SSSR count). The van der Waals surface area contributed by atoms with E-state index in [4.69, 9.17) is 10.5 Å². The third kappa shape index (κ3) is 1.82. The first-order chi connectivity index (χ1) is 8.24. The first kappa shape index (κ1) is 10.4. The number of hydrogen-bond donors (Lipinski definition) is 1. The van der Waals surface area contributed by atoms with Crippen LogP contribution < -0.4 is 10.5 Å². The average Bonchev–Trinajstić information content (AvgIpc) is 2.26. The number of aromatic nitrogens is 1. The summed E-state index contributed by atoms with van der Waals surface area (Å²) in [4.78, 5) is 4.29. The molecule has 2 aromatic rings. The molecule has 0 spiro atoms. The van der Waals surface area contributed by atoms with Gasteiger partial charge in [-0.3, -0.25) is 4.98 Å². The number of aryl methyl sites for hydroxylation is 1.